The fraction of sp³-hybridized carbons (Fsp3) is 0.167. The molecule has 0 aliphatic heterocycles. The molecule has 0 spiro atoms. The van der Waals surface area contributed by atoms with Crippen LogP contribution in [0.2, 0.25) is 0 Å². The summed E-state index contributed by atoms with van der Waals surface area (Å²) in [7, 11) is 0. The first-order valence-corrected chi connectivity index (χ1v) is 2.39. The first kappa shape index (κ1) is 8.25. The van der Waals surface area contributed by atoms with Crippen molar-refractivity contribution in [1.29, 1.82) is 0 Å². The van der Waals surface area contributed by atoms with E-state index in [2.05, 4.69) is 10.9 Å². The first-order chi connectivity index (χ1) is 3.93. The molecule has 0 fully saturated rings. The van der Waals surface area contributed by atoms with Gasteiger partial charge in [0.25, 0.3) is 0 Å². The normalized spacial score (nSPS) is 7.44. The molecule has 2 nitrogen and oxygen atoms in total. The van der Waals surface area contributed by atoms with Crippen LogP contribution >= 0.6 is 0 Å². The zero-order chi connectivity index (χ0) is 5.82. The maximum atomic E-state index is 5.04. The summed E-state index contributed by atoms with van der Waals surface area (Å²) in [5.41, 5.74) is 0. The van der Waals surface area contributed by atoms with Gasteiger partial charge in [-0.1, -0.05) is 5.92 Å². The van der Waals surface area contributed by atoms with E-state index in [1.807, 2.05) is 23.3 Å². The Morgan fingerprint density at radius 1 is 1.67 bits per heavy atom. The Morgan fingerprint density at radius 3 is 2.89 bits per heavy atom. The number of imidazole rings is 1. The zero-order valence-corrected chi connectivity index (χ0v) is 6.43. The molecule has 1 rings (SSSR count). The van der Waals surface area contributed by atoms with Crippen molar-refractivity contribution in [2.75, 3.05) is 0 Å². The average molecular weight is 187 g/mol. The van der Waals surface area contributed by atoms with Crippen molar-refractivity contribution >= 4 is 0 Å². The number of hydrogen-bond acceptors (Lipinski definition) is 0. The number of nitrogens with zero attached hydrogens (tertiary/aromatic N) is 1. The predicted octanol–water partition coefficient (Wildman–Crippen LogP) is -3.06. The van der Waals surface area contributed by atoms with Gasteiger partial charge in [-0.3, -0.25) is 4.98 Å². The molecule has 0 aliphatic rings. The molecule has 48 valence electrons. The number of H-pyrrole nitrogens is 1. The monoisotopic (exact) mass is 186 g/mol. The second-order valence-electron chi connectivity index (χ2n) is 1.49. The van der Waals surface area contributed by atoms with E-state index in [-0.39, 0.29) is 17.0 Å². The van der Waals surface area contributed by atoms with Crippen LogP contribution < -0.4 is 21.5 Å². The summed E-state index contributed by atoms with van der Waals surface area (Å²) in [6.07, 6.45) is 10.6. The van der Waals surface area contributed by atoms with Crippen LogP contribution in [-0.4, -0.2) is 4.98 Å². The van der Waals surface area contributed by atoms with Crippen molar-refractivity contribution in [3.05, 3.63) is 18.7 Å². The number of terminal acetylenes is 1. The fourth-order valence-electron chi connectivity index (χ4n) is 0.524. The Balaban J connectivity index is 0.000000640. The van der Waals surface area contributed by atoms with Gasteiger partial charge in [0.05, 0.1) is 0 Å². The van der Waals surface area contributed by atoms with Crippen molar-refractivity contribution < 1.29 is 21.5 Å². The number of nitrogens with one attached hydrogen (secondary N) is 1. The highest BCUT2D eigenvalue weighted by atomic mass is 79.9. The minimum atomic E-state index is 0. The van der Waals surface area contributed by atoms with Gasteiger partial charge < -0.3 is 17.0 Å². The van der Waals surface area contributed by atoms with Crippen molar-refractivity contribution in [2.24, 2.45) is 0 Å². The summed E-state index contributed by atoms with van der Waals surface area (Å²) in [5.74, 6) is 2.51. The van der Waals surface area contributed by atoms with Crippen LogP contribution in [0.25, 0.3) is 0 Å². The molecular formula is C6H7BrN2. The van der Waals surface area contributed by atoms with E-state index in [1.54, 1.807) is 0 Å². The predicted molar refractivity (Wildman–Crippen MR) is 29.8 cm³/mol. The van der Waals surface area contributed by atoms with Gasteiger partial charge in [0, 0.05) is 0 Å². The third kappa shape index (κ3) is 2.34. The average Bonchev–Trinajstić information content (AvgIpc) is 2.19. The molecule has 0 saturated carbocycles. The Morgan fingerprint density at radius 2 is 2.44 bits per heavy atom. The van der Waals surface area contributed by atoms with E-state index in [0.717, 1.165) is 0 Å². The molecule has 0 saturated heterocycles. The van der Waals surface area contributed by atoms with Crippen LogP contribution in [-0.2, 0) is 6.54 Å². The summed E-state index contributed by atoms with van der Waals surface area (Å²) in [5, 5.41) is 0. The summed E-state index contributed by atoms with van der Waals surface area (Å²) in [6.45, 7) is 0.642. The van der Waals surface area contributed by atoms with E-state index in [9.17, 15) is 0 Å². The highest BCUT2D eigenvalue weighted by molar-refractivity contribution is 4.78. The van der Waals surface area contributed by atoms with Gasteiger partial charge in [-0.05, 0) is 0 Å². The summed E-state index contributed by atoms with van der Waals surface area (Å²) in [4.78, 5) is 2.88. The Bertz CT molecular complexity index is 185. The molecule has 1 heterocycles. The highest BCUT2D eigenvalue weighted by Gasteiger charge is 1.88. The Kier molecular flexibility index (Phi) is 3.81. The van der Waals surface area contributed by atoms with Crippen molar-refractivity contribution in [1.82, 2.24) is 4.98 Å². The van der Waals surface area contributed by atoms with Crippen LogP contribution in [0.4, 0.5) is 0 Å². The summed E-state index contributed by atoms with van der Waals surface area (Å²) in [6, 6.07) is 0. The van der Waals surface area contributed by atoms with Crippen molar-refractivity contribution in [3.63, 3.8) is 0 Å². The molecule has 0 aromatic carbocycles. The van der Waals surface area contributed by atoms with E-state index < -0.39 is 0 Å². The molecule has 9 heavy (non-hydrogen) atoms. The van der Waals surface area contributed by atoms with Crippen LogP contribution in [0, 0.1) is 12.3 Å². The van der Waals surface area contributed by atoms with E-state index >= 15 is 0 Å². The third-order valence-electron chi connectivity index (χ3n) is 0.876. The SMILES string of the molecule is C#CC[n+]1cc[nH]c1.[Br-]. The quantitative estimate of drug-likeness (QED) is 0.356. The van der Waals surface area contributed by atoms with Gasteiger partial charge >= 0.3 is 0 Å². The fourth-order valence-corrected chi connectivity index (χ4v) is 0.524. The second kappa shape index (κ2) is 4.16. The zero-order valence-electron chi connectivity index (χ0n) is 4.84. The maximum absolute atomic E-state index is 5.04. The van der Waals surface area contributed by atoms with Gasteiger partial charge in [0.2, 0.25) is 6.33 Å². The van der Waals surface area contributed by atoms with Crippen LogP contribution in [0.5, 0.6) is 0 Å². The molecule has 1 N–H and O–H groups in total. The number of halogens is 1. The summed E-state index contributed by atoms with van der Waals surface area (Å²) >= 11 is 0. The van der Waals surface area contributed by atoms with Gasteiger partial charge in [-0.2, -0.15) is 0 Å². The molecule has 0 unspecified atom stereocenters. The first-order valence-electron chi connectivity index (χ1n) is 2.39. The molecular weight excluding hydrogens is 180 g/mol. The lowest BCUT2D eigenvalue weighted by Gasteiger charge is -1.79. The number of aromatic nitrogens is 2. The van der Waals surface area contributed by atoms with Gasteiger partial charge in [-0.25, -0.2) is 4.57 Å². The van der Waals surface area contributed by atoms with Crippen LogP contribution in [0.3, 0.4) is 0 Å². The Hall–Kier alpha value is -0.750. The summed E-state index contributed by atoms with van der Waals surface area (Å²) < 4.78 is 1.89. The molecule has 0 atom stereocenters. The lowest BCUT2D eigenvalue weighted by Crippen LogP contribution is -3.00. The smallest absolute Gasteiger partial charge is 0.242 e. The van der Waals surface area contributed by atoms with Crippen molar-refractivity contribution in [2.45, 2.75) is 6.54 Å². The molecule has 1 aromatic rings. The van der Waals surface area contributed by atoms with Gasteiger partial charge in [0.1, 0.15) is 12.4 Å². The Labute approximate surface area is 64.7 Å². The second-order valence-corrected chi connectivity index (χ2v) is 1.49. The molecule has 3 heteroatoms. The highest BCUT2D eigenvalue weighted by Crippen LogP contribution is 1.66. The topological polar surface area (TPSA) is 19.7 Å². The standard InChI is InChI=1S/C6H6N2.BrH/c1-2-4-8-5-3-7-6-8;/h1,3,5-6H,4H2;1H. The van der Waals surface area contributed by atoms with Crippen LogP contribution in [0.1, 0.15) is 0 Å². The van der Waals surface area contributed by atoms with E-state index in [0.29, 0.717) is 6.54 Å². The number of hydrogen-bond donors (Lipinski definition) is 1. The van der Waals surface area contributed by atoms with E-state index in [4.69, 9.17) is 6.42 Å². The van der Waals surface area contributed by atoms with Gasteiger partial charge in [0.15, 0.2) is 6.54 Å². The number of aromatic amines is 1. The maximum Gasteiger partial charge on any atom is 0.242 e. The number of rotatable bonds is 1. The van der Waals surface area contributed by atoms with Crippen LogP contribution in [0.15, 0.2) is 18.7 Å². The lowest BCUT2D eigenvalue weighted by atomic mass is 10.6. The van der Waals surface area contributed by atoms with Gasteiger partial charge in [-0.15, -0.1) is 6.42 Å². The minimum absolute atomic E-state index is 0. The molecule has 0 radical (unpaired) electrons. The molecule has 0 amide bonds. The lowest BCUT2D eigenvalue weighted by molar-refractivity contribution is -0.683. The third-order valence-corrected chi connectivity index (χ3v) is 0.876. The van der Waals surface area contributed by atoms with Crippen molar-refractivity contribution in [3.8, 4) is 12.3 Å². The largest absolute Gasteiger partial charge is 1.00 e. The van der Waals surface area contributed by atoms with E-state index in [1.165, 1.54) is 0 Å². The molecule has 0 bridgehead atoms. The molecule has 0 aliphatic carbocycles. The molecule has 1 aromatic heterocycles. The minimum Gasteiger partial charge on any atom is -1.00 e.